The van der Waals surface area contributed by atoms with Crippen molar-refractivity contribution in [2.75, 3.05) is 13.6 Å². The maximum absolute atomic E-state index is 11.4. The molecule has 0 aliphatic carbocycles. The summed E-state index contributed by atoms with van der Waals surface area (Å²) in [6.07, 6.45) is 0.297. The van der Waals surface area contributed by atoms with Gasteiger partial charge in [0.15, 0.2) is 0 Å². The Balaban J connectivity index is 2.65. The first-order chi connectivity index (χ1) is 8.52. The van der Waals surface area contributed by atoms with Crippen molar-refractivity contribution in [2.45, 2.75) is 12.5 Å². The summed E-state index contributed by atoms with van der Waals surface area (Å²) in [4.78, 5) is 22.6. The number of amides is 2. The number of carbonyl (C=O) groups is 2. The van der Waals surface area contributed by atoms with Crippen LogP contribution in [-0.4, -0.2) is 36.6 Å². The molecule has 6 heteroatoms. The molecule has 0 heterocycles. The lowest BCUT2D eigenvalue weighted by molar-refractivity contribution is -0.126. The Kier molecular flexibility index (Phi) is 5.13. The molecule has 18 heavy (non-hydrogen) atoms. The van der Waals surface area contributed by atoms with Gasteiger partial charge in [0.05, 0.1) is 6.54 Å². The summed E-state index contributed by atoms with van der Waals surface area (Å²) in [5, 5.41) is 14.4. The molecule has 1 atom stereocenters. The van der Waals surface area contributed by atoms with Crippen LogP contribution in [0.4, 0.5) is 0 Å². The largest absolute Gasteiger partial charge is 0.508 e. The number of primary amides is 1. The molecular weight excluding hydrogens is 234 g/mol. The zero-order chi connectivity index (χ0) is 13.5. The highest BCUT2D eigenvalue weighted by atomic mass is 16.3. The highest BCUT2D eigenvalue weighted by Crippen LogP contribution is 2.11. The quantitative estimate of drug-likeness (QED) is 0.527. The molecule has 2 amide bonds. The third-order valence-electron chi connectivity index (χ3n) is 2.39. The fourth-order valence-electron chi connectivity index (χ4n) is 1.50. The minimum atomic E-state index is -0.754. The lowest BCUT2D eigenvalue weighted by Gasteiger charge is -2.15. The number of phenolic OH excluding ortho intramolecular Hbond substituents is 1. The van der Waals surface area contributed by atoms with Gasteiger partial charge in [0.2, 0.25) is 11.8 Å². The number of benzene rings is 1. The van der Waals surface area contributed by atoms with E-state index < -0.39 is 11.9 Å². The molecule has 0 saturated heterocycles. The first-order valence-electron chi connectivity index (χ1n) is 5.54. The summed E-state index contributed by atoms with van der Waals surface area (Å²) in [5.74, 6) is -0.735. The highest BCUT2D eigenvalue weighted by Gasteiger charge is 2.18. The molecule has 0 bridgehead atoms. The van der Waals surface area contributed by atoms with Gasteiger partial charge in [-0.05, 0) is 24.7 Å². The zero-order valence-electron chi connectivity index (χ0n) is 10.1. The van der Waals surface area contributed by atoms with Crippen molar-refractivity contribution in [2.24, 2.45) is 5.73 Å². The van der Waals surface area contributed by atoms with Crippen molar-refractivity contribution >= 4 is 11.8 Å². The first-order valence-corrected chi connectivity index (χ1v) is 5.54. The predicted octanol–water partition coefficient (Wildman–Crippen LogP) is -0.876. The third-order valence-corrected chi connectivity index (χ3v) is 2.39. The Hall–Kier alpha value is -2.08. The van der Waals surface area contributed by atoms with Crippen molar-refractivity contribution in [3.05, 3.63) is 29.8 Å². The number of carbonyl (C=O) groups excluding carboxylic acids is 2. The summed E-state index contributed by atoms with van der Waals surface area (Å²) < 4.78 is 0. The Morgan fingerprint density at radius 2 is 1.94 bits per heavy atom. The Bertz CT molecular complexity index is 417. The van der Waals surface area contributed by atoms with Crippen LogP contribution in [0.1, 0.15) is 5.56 Å². The number of hydrogen-bond donors (Lipinski definition) is 4. The number of hydrogen-bond acceptors (Lipinski definition) is 4. The number of likely N-dealkylation sites (N-methyl/N-ethyl adjacent to an activating group) is 1. The van der Waals surface area contributed by atoms with Gasteiger partial charge in [-0.3, -0.25) is 9.59 Å². The maximum Gasteiger partial charge on any atom is 0.240 e. The van der Waals surface area contributed by atoms with Gasteiger partial charge in [-0.25, -0.2) is 0 Å². The van der Waals surface area contributed by atoms with E-state index in [2.05, 4.69) is 10.6 Å². The van der Waals surface area contributed by atoms with Gasteiger partial charge in [0.1, 0.15) is 11.8 Å². The monoisotopic (exact) mass is 251 g/mol. The van der Waals surface area contributed by atoms with Gasteiger partial charge in [-0.1, -0.05) is 12.1 Å². The van der Waals surface area contributed by atoms with Crippen molar-refractivity contribution in [3.8, 4) is 5.75 Å². The van der Waals surface area contributed by atoms with E-state index in [1.807, 2.05) is 0 Å². The molecule has 6 nitrogen and oxygen atoms in total. The minimum Gasteiger partial charge on any atom is -0.508 e. The molecule has 1 aromatic carbocycles. The highest BCUT2D eigenvalue weighted by molar-refractivity contribution is 5.87. The van der Waals surface area contributed by atoms with Gasteiger partial charge in [-0.2, -0.15) is 0 Å². The fraction of sp³-hybridized carbons (Fsp3) is 0.333. The molecule has 1 rings (SSSR count). The van der Waals surface area contributed by atoms with Crippen molar-refractivity contribution in [1.82, 2.24) is 10.6 Å². The predicted molar refractivity (Wildman–Crippen MR) is 66.9 cm³/mol. The number of phenols is 1. The lowest BCUT2D eigenvalue weighted by atomic mass is 10.1. The van der Waals surface area contributed by atoms with Crippen LogP contribution in [0.15, 0.2) is 24.3 Å². The standard InChI is InChI=1S/C12H17N3O3/c1-14-7-11(17)15-10(12(13)18)6-8-2-4-9(16)5-3-8/h2-5,10,14,16H,6-7H2,1H3,(H2,13,18)(H,15,17). The Labute approximate surface area is 105 Å². The average molecular weight is 251 g/mol. The Morgan fingerprint density at radius 1 is 1.33 bits per heavy atom. The van der Waals surface area contributed by atoms with Gasteiger partial charge < -0.3 is 21.5 Å². The molecule has 0 aliphatic heterocycles. The zero-order valence-corrected chi connectivity index (χ0v) is 10.1. The second-order valence-corrected chi connectivity index (χ2v) is 3.92. The number of rotatable bonds is 6. The van der Waals surface area contributed by atoms with E-state index in [0.717, 1.165) is 5.56 Å². The number of aromatic hydroxyl groups is 1. The van der Waals surface area contributed by atoms with E-state index in [9.17, 15) is 9.59 Å². The summed E-state index contributed by atoms with van der Waals surface area (Å²) >= 11 is 0. The molecule has 0 aromatic heterocycles. The maximum atomic E-state index is 11.4. The average Bonchev–Trinajstić information content (AvgIpc) is 2.31. The molecule has 5 N–H and O–H groups in total. The molecule has 1 unspecified atom stereocenters. The van der Waals surface area contributed by atoms with E-state index in [1.54, 1.807) is 19.2 Å². The molecule has 0 saturated carbocycles. The van der Waals surface area contributed by atoms with Crippen LogP contribution in [-0.2, 0) is 16.0 Å². The Morgan fingerprint density at radius 3 is 2.44 bits per heavy atom. The van der Waals surface area contributed by atoms with Gasteiger partial charge in [-0.15, -0.1) is 0 Å². The molecule has 0 aliphatic rings. The van der Waals surface area contributed by atoms with Crippen LogP contribution >= 0.6 is 0 Å². The van der Waals surface area contributed by atoms with Crippen LogP contribution < -0.4 is 16.4 Å². The fourth-order valence-corrected chi connectivity index (χ4v) is 1.50. The lowest BCUT2D eigenvalue weighted by Crippen LogP contribution is -2.48. The molecule has 0 radical (unpaired) electrons. The smallest absolute Gasteiger partial charge is 0.240 e. The third kappa shape index (κ3) is 4.42. The van der Waals surface area contributed by atoms with E-state index in [4.69, 9.17) is 10.8 Å². The number of nitrogens with two attached hydrogens (primary N) is 1. The van der Waals surface area contributed by atoms with E-state index in [-0.39, 0.29) is 18.2 Å². The van der Waals surface area contributed by atoms with Crippen molar-refractivity contribution < 1.29 is 14.7 Å². The van der Waals surface area contributed by atoms with E-state index >= 15 is 0 Å². The molecule has 98 valence electrons. The second-order valence-electron chi connectivity index (χ2n) is 3.92. The van der Waals surface area contributed by atoms with Gasteiger partial charge >= 0.3 is 0 Å². The summed E-state index contributed by atoms with van der Waals surface area (Å²) in [5.41, 5.74) is 6.04. The van der Waals surface area contributed by atoms with Crippen LogP contribution in [0.2, 0.25) is 0 Å². The topological polar surface area (TPSA) is 104 Å². The SMILES string of the molecule is CNCC(=O)NC(Cc1ccc(O)cc1)C(N)=O. The molecule has 0 fully saturated rings. The molecule has 1 aromatic rings. The first kappa shape index (κ1) is 14.0. The minimum absolute atomic E-state index is 0.124. The van der Waals surface area contributed by atoms with Gasteiger partial charge in [0, 0.05) is 6.42 Å². The van der Waals surface area contributed by atoms with Crippen LogP contribution in [0, 0.1) is 0 Å². The van der Waals surface area contributed by atoms with Crippen LogP contribution in [0.3, 0.4) is 0 Å². The van der Waals surface area contributed by atoms with E-state index in [1.165, 1.54) is 12.1 Å². The normalized spacial score (nSPS) is 11.8. The van der Waals surface area contributed by atoms with E-state index in [0.29, 0.717) is 6.42 Å². The second kappa shape index (κ2) is 6.61. The molecule has 0 spiro atoms. The number of nitrogens with one attached hydrogen (secondary N) is 2. The van der Waals surface area contributed by atoms with Crippen molar-refractivity contribution in [1.29, 1.82) is 0 Å². The summed E-state index contributed by atoms with van der Waals surface area (Å²) in [6, 6.07) is 5.63. The molecular formula is C12H17N3O3. The van der Waals surface area contributed by atoms with Crippen molar-refractivity contribution in [3.63, 3.8) is 0 Å². The summed E-state index contributed by atoms with van der Waals surface area (Å²) in [6.45, 7) is 0.124. The van der Waals surface area contributed by atoms with Gasteiger partial charge in [0.25, 0.3) is 0 Å². The van der Waals surface area contributed by atoms with Crippen LogP contribution in [0.5, 0.6) is 5.75 Å². The van der Waals surface area contributed by atoms with Crippen LogP contribution in [0.25, 0.3) is 0 Å². The summed E-state index contributed by atoms with van der Waals surface area (Å²) in [7, 11) is 1.64.